The van der Waals surface area contributed by atoms with Crippen molar-refractivity contribution in [2.75, 3.05) is 0 Å². The summed E-state index contributed by atoms with van der Waals surface area (Å²) in [5, 5.41) is 6.07. The van der Waals surface area contributed by atoms with Crippen LogP contribution in [-0.2, 0) is 10.1 Å². The number of halogens is 1. The number of aromatic nitrogens is 2. The summed E-state index contributed by atoms with van der Waals surface area (Å²) in [5.74, 6) is 0. The van der Waals surface area contributed by atoms with Crippen LogP contribution in [0, 0.1) is 13.8 Å². The van der Waals surface area contributed by atoms with Gasteiger partial charge >= 0.3 is 0 Å². The Morgan fingerprint density at radius 2 is 1.92 bits per heavy atom. The van der Waals surface area contributed by atoms with Crippen molar-refractivity contribution in [3.8, 4) is 0 Å². The molecule has 0 saturated heterocycles. The molecule has 1 aromatic heterocycles. The van der Waals surface area contributed by atoms with Gasteiger partial charge in [0, 0.05) is 0 Å². The Kier molecular flexibility index (Phi) is 3.25. The molecule has 7 heteroatoms. The minimum Gasteiger partial charge on any atom is -0.282 e. The smallest absolute Gasteiger partial charge is 0.282 e. The van der Waals surface area contributed by atoms with Crippen LogP contribution in [0.25, 0.3) is 0 Å². The number of hydrogen-bond donors (Lipinski definition) is 2. The van der Waals surface area contributed by atoms with Crippen molar-refractivity contribution in [2.24, 2.45) is 0 Å². The Hall–Kier alpha value is -0.590. The van der Waals surface area contributed by atoms with Gasteiger partial charge < -0.3 is 0 Å². The van der Waals surface area contributed by atoms with Crippen LogP contribution in [0.5, 0.6) is 0 Å². The number of aryl methyl sites for hydroxylation is 2. The largest absolute Gasteiger partial charge is 0.298 e. The molecule has 12 heavy (non-hydrogen) atoms. The fourth-order valence-electron chi connectivity index (χ4n) is 0.921. The van der Waals surface area contributed by atoms with E-state index in [1.165, 1.54) is 13.8 Å². The highest BCUT2D eigenvalue weighted by Gasteiger charge is 2.18. The summed E-state index contributed by atoms with van der Waals surface area (Å²) in [6.45, 7) is 3.04. The van der Waals surface area contributed by atoms with Crippen LogP contribution in [0.4, 0.5) is 0 Å². The average molecular weight is 213 g/mol. The summed E-state index contributed by atoms with van der Waals surface area (Å²) >= 11 is 0. The van der Waals surface area contributed by atoms with Crippen LogP contribution in [-0.4, -0.2) is 23.2 Å². The van der Waals surface area contributed by atoms with Gasteiger partial charge in [-0.3, -0.25) is 9.65 Å². The van der Waals surface area contributed by atoms with E-state index in [1.54, 1.807) is 0 Å². The number of H-pyrrole nitrogens is 1. The molecule has 0 aliphatic carbocycles. The first-order valence-electron chi connectivity index (χ1n) is 2.92. The first-order valence-corrected chi connectivity index (χ1v) is 4.36. The van der Waals surface area contributed by atoms with E-state index in [-0.39, 0.29) is 23.0 Å². The molecule has 0 unspecified atom stereocenters. The van der Waals surface area contributed by atoms with E-state index in [1.807, 2.05) is 0 Å². The number of nitrogens with zero attached hydrogens (tertiary/aromatic N) is 1. The molecule has 0 saturated carbocycles. The van der Waals surface area contributed by atoms with Crippen LogP contribution in [0.15, 0.2) is 4.90 Å². The maximum atomic E-state index is 10.6. The van der Waals surface area contributed by atoms with Gasteiger partial charge in [0.25, 0.3) is 10.1 Å². The molecule has 0 radical (unpaired) electrons. The molecule has 0 spiro atoms. The SMILES string of the molecule is Cc1n[nH]c(C)c1S(=O)(=O)O.Cl. The maximum absolute atomic E-state index is 10.6. The van der Waals surface area contributed by atoms with Crippen molar-refractivity contribution in [2.45, 2.75) is 18.7 Å². The fraction of sp³-hybridized carbons (Fsp3) is 0.400. The van der Waals surface area contributed by atoms with Crippen molar-refractivity contribution >= 4 is 22.5 Å². The molecule has 1 rings (SSSR count). The molecule has 0 fully saturated rings. The van der Waals surface area contributed by atoms with E-state index >= 15 is 0 Å². The van der Waals surface area contributed by atoms with Gasteiger partial charge in [-0.2, -0.15) is 13.5 Å². The molecule has 2 N–H and O–H groups in total. The lowest BCUT2D eigenvalue weighted by Gasteiger charge is -1.93. The van der Waals surface area contributed by atoms with Crippen LogP contribution >= 0.6 is 12.4 Å². The number of rotatable bonds is 1. The van der Waals surface area contributed by atoms with E-state index in [4.69, 9.17) is 4.55 Å². The van der Waals surface area contributed by atoms with Gasteiger partial charge in [-0.25, -0.2) is 0 Å². The highest BCUT2D eigenvalue weighted by Crippen LogP contribution is 2.15. The predicted molar refractivity (Wildman–Crippen MR) is 45.1 cm³/mol. The molecule has 5 nitrogen and oxygen atoms in total. The molecule has 0 aliphatic rings. The van der Waals surface area contributed by atoms with E-state index < -0.39 is 10.1 Å². The van der Waals surface area contributed by atoms with Crippen molar-refractivity contribution in [1.82, 2.24) is 10.2 Å². The zero-order valence-corrected chi connectivity index (χ0v) is 8.16. The number of aromatic amines is 1. The molecule has 0 amide bonds. The predicted octanol–water partition coefficient (Wildman–Crippen LogP) is 0.695. The monoisotopic (exact) mass is 212 g/mol. The van der Waals surface area contributed by atoms with Crippen molar-refractivity contribution in [3.63, 3.8) is 0 Å². The lowest BCUT2D eigenvalue weighted by Crippen LogP contribution is -2.00. The summed E-state index contributed by atoms with van der Waals surface area (Å²) in [6.07, 6.45) is 0. The van der Waals surface area contributed by atoms with Gasteiger partial charge in [0.15, 0.2) is 0 Å². The molecule has 1 heterocycles. The zero-order valence-electron chi connectivity index (χ0n) is 6.53. The second kappa shape index (κ2) is 3.42. The van der Waals surface area contributed by atoms with Crippen molar-refractivity contribution < 1.29 is 13.0 Å². The van der Waals surface area contributed by atoms with E-state index in [2.05, 4.69) is 10.2 Å². The Balaban J connectivity index is 0.00000121. The van der Waals surface area contributed by atoms with Gasteiger partial charge in [-0.05, 0) is 13.8 Å². The highest BCUT2D eigenvalue weighted by atomic mass is 35.5. The number of nitrogens with one attached hydrogen (secondary N) is 1. The number of hydrogen-bond acceptors (Lipinski definition) is 3. The zero-order chi connectivity index (χ0) is 8.65. The van der Waals surface area contributed by atoms with Crippen LogP contribution in [0.2, 0.25) is 0 Å². The van der Waals surface area contributed by atoms with Gasteiger partial charge in [0.05, 0.1) is 11.4 Å². The first kappa shape index (κ1) is 11.4. The van der Waals surface area contributed by atoms with Gasteiger partial charge in [-0.15, -0.1) is 12.4 Å². The normalized spacial score (nSPS) is 10.9. The second-order valence-electron chi connectivity index (χ2n) is 2.24. The standard InChI is InChI=1S/C5H8N2O3S.ClH/c1-3-5(11(8,9)10)4(2)7-6-3;/h1-2H3,(H,6,7)(H,8,9,10);1H. The average Bonchev–Trinajstić information content (AvgIpc) is 2.08. The van der Waals surface area contributed by atoms with Crippen LogP contribution in [0.1, 0.15) is 11.4 Å². The van der Waals surface area contributed by atoms with E-state index in [0.29, 0.717) is 5.69 Å². The summed E-state index contributed by atoms with van der Waals surface area (Å²) < 4.78 is 29.9. The third-order valence-electron chi connectivity index (χ3n) is 1.32. The summed E-state index contributed by atoms with van der Waals surface area (Å²) in [4.78, 5) is -0.127. The first-order chi connectivity index (χ1) is 4.93. The quantitative estimate of drug-likeness (QED) is 0.672. The van der Waals surface area contributed by atoms with Crippen LogP contribution in [0.3, 0.4) is 0 Å². The van der Waals surface area contributed by atoms with Crippen molar-refractivity contribution in [1.29, 1.82) is 0 Å². The lowest BCUT2D eigenvalue weighted by molar-refractivity contribution is 0.482. The minimum absolute atomic E-state index is 0. The van der Waals surface area contributed by atoms with Crippen LogP contribution < -0.4 is 0 Å². The fourth-order valence-corrected chi connectivity index (χ4v) is 1.77. The topological polar surface area (TPSA) is 83.0 Å². The van der Waals surface area contributed by atoms with Gasteiger partial charge in [0.1, 0.15) is 4.90 Å². The third kappa shape index (κ3) is 1.96. The Labute approximate surface area is 76.3 Å². The van der Waals surface area contributed by atoms with Gasteiger partial charge in [0.2, 0.25) is 0 Å². The second-order valence-corrected chi connectivity index (χ2v) is 3.60. The summed E-state index contributed by atoms with van der Waals surface area (Å²) in [5.41, 5.74) is 0.634. The summed E-state index contributed by atoms with van der Waals surface area (Å²) in [7, 11) is -4.11. The Morgan fingerprint density at radius 1 is 1.42 bits per heavy atom. The molecule has 0 aromatic carbocycles. The van der Waals surface area contributed by atoms with Gasteiger partial charge in [-0.1, -0.05) is 0 Å². The molecule has 0 atom stereocenters. The highest BCUT2D eigenvalue weighted by molar-refractivity contribution is 7.86. The molecule has 70 valence electrons. The summed E-state index contributed by atoms with van der Waals surface area (Å²) in [6, 6.07) is 0. The molecule has 0 aliphatic heterocycles. The molecule has 0 bridgehead atoms. The lowest BCUT2D eigenvalue weighted by atomic mass is 10.4. The van der Waals surface area contributed by atoms with E-state index in [9.17, 15) is 8.42 Å². The van der Waals surface area contributed by atoms with E-state index in [0.717, 1.165) is 0 Å². The maximum Gasteiger partial charge on any atom is 0.298 e. The Morgan fingerprint density at radius 3 is 2.08 bits per heavy atom. The molecule has 1 aromatic rings. The molecular weight excluding hydrogens is 204 g/mol. The minimum atomic E-state index is -4.11. The Bertz CT molecular complexity index is 351. The molecular formula is C5H9ClN2O3S. The van der Waals surface area contributed by atoms with Crippen molar-refractivity contribution in [3.05, 3.63) is 11.4 Å². The third-order valence-corrected chi connectivity index (χ3v) is 2.44.